The monoisotopic (exact) mass is 355 g/mol. The molecule has 0 aliphatic heterocycles. The highest BCUT2D eigenvalue weighted by Crippen LogP contribution is 2.21. The molecule has 0 heterocycles. The number of hydrogen-bond acceptors (Lipinski definition) is 5. The van der Waals surface area contributed by atoms with Crippen LogP contribution >= 0.6 is 0 Å². The second kappa shape index (κ2) is 9.22. The average Bonchev–Trinajstić information content (AvgIpc) is 2.63. The topological polar surface area (TPSA) is 100 Å². The van der Waals surface area contributed by atoms with Gasteiger partial charge in [0, 0.05) is 24.1 Å². The zero-order valence-electron chi connectivity index (χ0n) is 14.7. The largest absolute Gasteiger partial charge is 0.507 e. The normalized spacial score (nSPS) is 10.5. The highest BCUT2D eigenvalue weighted by Gasteiger charge is 2.08. The summed E-state index contributed by atoms with van der Waals surface area (Å²) in [6, 6.07) is 12.1. The molecule has 26 heavy (non-hydrogen) atoms. The molecule has 2 aromatic carbocycles. The van der Waals surface area contributed by atoms with E-state index in [1.807, 2.05) is 25.1 Å². The van der Waals surface area contributed by atoms with Crippen molar-refractivity contribution in [3.05, 3.63) is 53.6 Å². The fourth-order valence-corrected chi connectivity index (χ4v) is 2.15. The van der Waals surface area contributed by atoms with Crippen LogP contribution in [0, 0.1) is 6.92 Å². The van der Waals surface area contributed by atoms with E-state index in [1.165, 1.54) is 19.4 Å². The maximum absolute atomic E-state index is 11.9. The van der Waals surface area contributed by atoms with Gasteiger partial charge in [0.2, 0.25) is 11.8 Å². The Morgan fingerprint density at radius 3 is 2.62 bits per heavy atom. The Bertz CT molecular complexity index is 818. The molecule has 0 saturated heterocycles. The standard InChI is InChI=1S/C19H21N3O4/c1-13-5-3-4-6-16(13)21-18(24)9-10-19(25)22-20-12-14-11-15(26-2)7-8-17(14)23/h3-8,11-12,23H,9-10H2,1-2H3,(H,21,24)(H,22,25)/b20-12+. The third-order valence-electron chi connectivity index (χ3n) is 3.63. The predicted octanol–water partition coefficient (Wildman–Crippen LogP) is 2.58. The molecule has 0 bridgehead atoms. The molecular weight excluding hydrogens is 334 g/mol. The third-order valence-corrected chi connectivity index (χ3v) is 3.63. The van der Waals surface area contributed by atoms with Gasteiger partial charge in [-0.1, -0.05) is 18.2 Å². The van der Waals surface area contributed by atoms with Gasteiger partial charge in [-0.25, -0.2) is 5.43 Å². The lowest BCUT2D eigenvalue weighted by atomic mass is 10.2. The van der Waals surface area contributed by atoms with E-state index < -0.39 is 5.91 Å². The molecule has 7 heteroatoms. The van der Waals surface area contributed by atoms with Crippen molar-refractivity contribution in [2.24, 2.45) is 5.10 Å². The van der Waals surface area contributed by atoms with Crippen LogP contribution in [0.5, 0.6) is 11.5 Å². The molecule has 136 valence electrons. The van der Waals surface area contributed by atoms with Crippen LogP contribution in [0.25, 0.3) is 0 Å². The summed E-state index contributed by atoms with van der Waals surface area (Å²) in [6.07, 6.45) is 1.35. The first-order chi connectivity index (χ1) is 12.5. The highest BCUT2D eigenvalue weighted by molar-refractivity contribution is 5.94. The molecule has 0 fully saturated rings. The Hall–Kier alpha value is -3.35. The van der Waals surface area contributed by atoms with Crippen LogP contribution < -0.4 is 15.5 Å². The number of rotatable bonds is 7. The second-order valence-electron chi connectivity index (χ2n) is 5.58. The Morgan fingerprint density at radius 2 is 1.88 bits per heavy atom. The van der Waals surface area contributed by atoms with E-state index in [2.05, 4.69) is 15.8 Å². The number of benzene rings is 2. The van der Waals surface area contributed by atoms with Gasteiger partial charge in [-0.15, -0.1) is 0 Å². The number of hydrazone groups is 1. The van der Waals surface area contributed by atoms with E-state index in [0.29, 0.717) is 11.3 Å². The number of carbonyl (C=O) groups excluding carboxylic acids is 2. The average molecular weight is 355 g/mol. The van der Waals surface area contributed by atoms with Gasteiger partial charge >= 0.3 is 0 Å². The lowest BCUT2D eigenvalue weighted by molar-refractivity contribution is -0.124. The van der Waals surface area contributed by atoms with Crippen molar-refractivity contribution >= 4 is 23.7 Å². The second-order valence-corrected chi connectivity index (χ2v) is 5.58. The van der Waals surface area contributed by atoms with E-state index in [9.17, 15) is 14.7 Å². The number of aryl methyl sites for hydroxylation is 1. The molecule has 2 amide bonds. The number of nitrogens with zero attached hydrogens (tertiary/aromatic N) is 1. The molecule has 7 nitrogen and oxygen atoms in total. The number of methoxy groups -OCH3 is 1. The van der Waals surface area contributed by atoms with Gasteiger partial charge in [-0.05, 0) is 36.8 Å². The summed E-state index contributed by atoms with van der Waals surface area (Å²) in [5, 5.41) is 16.3. The van der Waals surface area contributed by atoms with Gasteiger partial charge in [0.05, 0.1) is 13.3 Å². The van der Waals surface area contributed by atoms with Gasteiger partial charge in [-0.2, -0.15) is 5.10 Å². The summed E-state index contributed by atoms with van der Waals surface area (Å²) >= 11 is 0. The number of phenolic OH excluding ortho intramolecular Hbond substituents is 1. The van der Waals surface area contributed by atoms with E-state index in [4.69, 9.17) is 4.74 Å². The van der Waals surface area contributed by atoms with Crippen molar-refractivity contribution in [1.29, 1.82) is 0 Å². The number of para-hydroxylation sites is 1. The van der Waals surface area contributed by atoms with Crippen LogP contribution in [-0.2, 0) is 9.59 Å². The first-order valence-corrected chi connectivity index (χ1v) is 8.04. The molecule has 0 atom stereocenters. The zero-order valence-corrected chi connectivity index (χ0v) is 14.7. The molecule has 0 aliphatic carbocycles. The molecule has 2 aromatic rings. The third kappa shape index (κ3) is 5.62. The fraction of sp³-hybridized carbons (Fsp3) is 0.211. The number of hydrogen-bond donors (Lipinski definition) is 3. The van der Waals surface area contributed by atoms with E-state index in [0.717, 1.165) is 11.3 Å². The van der Waals surface area contributed by atoms with Crippen LogP contribution in [-0.4, -0.2) is 30.2 Å². The highest BCUT2D eigenvalue weighted by atomic mass is 16.5. The van der Waals surface area contributed by atoms with Crippen molar-refractivity contribution < 1.29 is 19.4 Å². The molecule has 0 unspecified atom stereocenters. The summed E-state index contributed by atoms with van der Waals surface area (Å²) in [5.74, 6) is -0.0719. The molecule has 0 aliphatic rings. The number of amides is 2. The molecule has 0 radical (unpaired) electrons. The number of phenols is 1. The van der Waals surface area contributed by atoms with Crippen molar-refractivity contribution in [2.45, 2.75) is 19.8 Å². The Kier molecular flexibility index (Phi) is 6.73. The summed E-state index contributed by atoms with van der Waals surface area (Å²) in [6.45, 7) is 1.89. The minimum Gasteiger partial charge on any atom is -0.507 e. The maximum Gasteiger partial charge on any atom is 0.240 e. The number of nitrogens with one attached hydrogen (secondary N) is 2. The first-order valence-electron chi connectivity index (χ1n) is 8.04. The quantitative estimate of drug-likeness (QED) is 0.525. The molecule has 0 saturated carbocycles. The minimum absolute atomic E-state index is 0.000846. The molecule has 0 aromatic heterocycles. The Balaban J connectivity index is 1.80. The van der Waals surface area contributed by atoms with Crippen molar-refractivity contribution in [1.82, 2.24) is 5.43 Å². The molecule has 3 N–H and O–H groups in total. The van der Waals surface area contributed by atoms with Crippen LogP contribution in [0.3, 0.4) is 0 Å². The summed E-state index contributed by atoms with van der Waals surface area (Å²) in [7, 11) is 1.51. The number of carbonyl (C=O) groups is 2. The smallest absolute Gasteiger partial charge is 0.240 e. The maximum atomic E-state index is 11.9. The van der Waals surface area contributed by atoms with Gasteiger partial charge < -0.3 is 15.2 Å². The zero-order chi connectivity index (χ0) is 18.9. The Labute approximate surface area is 151 Å². The van der Waals surface area contributed by atoms with Crippen molar-refractivity contribution in [3.63, 3.8) is 0 Å². The lowest BCUT2D eigenvalue weighted by Crippen LogP contribution is -2.20. The van der Waals surface area contributed by atoms with Gasteiger partial charge in [-0.3, -0.25) is 9.59 Å². The number of aromatic hydroxyl groups is 1. The van der Waals surface area contributed by atoms with E-state index >= 15 is 0 Å². The van der Waals surface area contributed by atoms with Gasteiger partial charge in [0.25, 0.3) is 0 Å². The molecule has 0 spiro atoms. The summed E-state index contributed by atoms with van der Waals surface area (Å²) in [4.78, 5) is 23.7. The summed E-state index contributed by atoms with van der Waals surface area (Å²) in [5.41, 5.74) is 4.41. The first kappa shape index (κ1) is 19.0. The van der Waals surface area contributed by atoms with Crippen LogP contribution in [0.15, 0.2) is 47.6 Å². The van der Waals surface area contributed by atoms with Crippen LogP contribution in [0.1, 0.15) is 24.0 Å². The van der Waals surface area contributed by atoms with Crippen molar-refractivity contribution in [3.8, 4) is 11.5 Å². The van der Waals surface area contributed by atoms with Gasteiger partial charge in [0.1, 0.15) is 11.5 Å². The molecular formula is C19H21N3O4. The van der Waals surface area contributed by atoms with E-state index in [1.54, 1.807) is 18.2 Å². The van der Waals surface area contributed by atoms with Gasteiger partial charge in [0.15, 0.2) is 0 Å². The fourth-order valence-electron chi connectivity index (χ4n) is 2.15. The lowest BCUT2D eigenvalue weighted by Gasteiger charge is -2.07. The van der Waals surface area contributed by atoms with Crippen LogP contribution in [0.2, 0.25) is 0 Å². The Morgan fingerprint density at radius 1 is 1.15 bits per heavy atom. The SMILES string of the molecule is COc1ccc(O)c(/C=N/NC(=O)CCC(=O)Nc2ccccc2C)c1. The molecule has 2 rings (SSSR count). The van der Waals surface area contributed by atoms with Crippen molar-refractivity contribution in [2.75, 3.05) is 12.4 Å². The number of ether oxygens (including phenoxy) is 1. The number of anilines is 1. The van der Waals surface area contributed by atoms with Crippen LogP contribution in [0.4, 0.5) is 5.69 Å². The minimum atomic E-state index is -0.399. The predicted molar refractivity (Wildman–Crippen MR) is 99.4 cm³/mol. The summed E-state index contributed by atoms with van der Waals surface area (Å²) < 4.78 is 5.05. The van der Waals surface area contributed by atoms with E-state index in [-0.39, 0.29) is 24.5 Å².